The third kappa shape index (κ3) is 5.75. The summed E-state index contributed by atoms with van der Waals surface area (Å²) in [4.78, 5) is 16.7. The van der Waals surface area contributed by atoms with Crippen LogP contribution in [0, 0.1) is 5.82 Å². The van der Waals surface area contributed by atoms with Crippen LogP contribution < -0.4 is 10.1 Å². The number of ether oxygens (including phenoxy) is 1. The lowest BCUT2D eigenvalue weighted by Crippen LogP contribution is -2.12. The van der Waals surface area contributed by atoms with E-state index in [4.69, 9.17) is 4.74 Å². The van der Waals surface area contributed by atoms with Crippen LogP contribution in [0.3, 0.4) is 0 Å². The van der Waals surface area contributed by atoms with Gasteiger partial charge in [0.25, 0.3) is 5.91 Å². The summed E-state index contributed by atoms with van der Waals surface area (Å²) in [5.41, 5.74) is 1.13. The minimum Gasteiger partial charge on any atom is -0.489 e. The molecule has 0 fully saturated rings. The van der Waals surface area contributed by atoms with Crippen LogP contribution in [0.1, 0.15) is 21.6 Å². The number of rotatable bonds is 6. The number of carbonyl (C=O) groups is 1. The van der Waals surface area contributed by atoms with Crippen molar-refractivity contribution in [2.75, 3.05) is 5.32 Å². The van der Waals surface area contributed by atoms with E-state index in [0.29, 0.717) is 22.0 Å². The molecule has 4 rings (SSSR count). The number of anilines is 1. The van der Waals surface area contributed by atoms with Gasteiger partial charge < -0.3 is 10.1 Å². The highest BCUT2D eigenvalue weighted by atomic mass is 32.1. The third-order valence-electron chi connectivity index (χ3n) is 4.60. The fraction of sp³-hybridized carbons (Fsp3) is 0.0833. The van der Waals surface area contributed by atoms with Crippen LogP contribution in [-0.2, 0) is 12.8 Å². The number of nitrogens with zero attached hydrogens (tertiary/aromatic N) is 1. The van der Waals surface area contributed by atoms with E-state index in [-0.39, 0.29) is 12.3 Å². The summed E-state index contributed by atoms with van der Waals surface area (Å²) >= 11 is 1.28. The number of hydrogen-bond acceptors (Lipinski definition) is 4. The van der Waals surface area contributed by atoms with Crippen molar-refractivity contribution in [1.82, 2.24) is 4.98 Å². The van der Waals surface area contributed by atoms with Crippen LogP contribution in [0.4, 0.5) is 23.2 Å². The van der Waals surface area contributed by atoms with Gasteiger partial charge in [-0.15, -0.1) is 11.3 Å². The molecule has 168 valence electrons. The van der Waals surface area contributed by atoms with Gasteiger partial charge in [-0.25, -0.2) is 9.37 Å². The summed E-state index contributed by atoms with van der Waals surface area (Å²) in [5.74, 6) is -0.321. The van der Waals surface area contributed by atoms with Gasteiger partial charge in [-0.2, -0.15) is 13.2 Å². The van der Waals surface area contributed by atoms with Crippen molar-refractivity contribution >= 4 is 22.9 Å². The molecule has 0 bridgehead atoms. The second kappa shape index (κ2) is 9.41. The molecule has 0 saturated carbocycles. The summed E-state index contributed by atoms with van der Waals surface area (Å²) in [7, 11) is 0. The number of halogens is 4. The molecule has 1 heterocycles. The van der Waals surface area contributed by atoms with Gasteiger partial charge in [0.15, 0.2) is 0 Å². The van der Waals surface area contributed by atoms with E-state index in [2.05, 4.69) is 10.3 Å². The number of aromatic nitrogens is 1. The van der Waals surface area contributed by atoms with E-state index >= 15 is 0 Å². The largest absolute Gasteiger partial charge is 0.489 e. The Balaban J connectivity index is 1.38. The number of alkyl halides is 3. The molecule has 0 saturated heterocycles. The van der Waals surface area contributed by atoms with Crippen molar-refractivity contribution in [1.29, 1.82) is 0 Å². The minimum atomic E-state index is -4.40. The van der Waals surface area contributed by atoms with Gasteiger partial charge in [-0.3, -0.25) is 4.79 Å². The topological polar surface area (TPSA) is 51.2 Å². The Labute approximate surface area is 190 Å². The second-order valence-electron chi connectivity index (χ2n) is 7.01. The van der Waals surface area contributed by atoms with Crippen LogP contribution in [0.5, 0.6) is 5.75 Å². The maximum absolute atomic E-state index is 13.0. The zero-order valence-electron chi connectivity index (χ0n) is 16.9. The van der Waals surface area contributed by atoms with Crippen LogP contribution in [0.2, 0.25) is 0 Å². The first-order chi connectivity index (χ1) is 15.8. The van der Waals surface area contributed by atoms with Crippen LogP contribution in [0.25, 0.3) is 10.6 Å². The molecule has 0 atom stereocenters. The molecule has 0 aliphatic heterocycles. The van der Waals surface area contributed by atoms with Gasteiger partial charge in [0, 0.05) is 16.6 Å². The maximum atomic E-state index is 13.0. The lowest BCUT2D eigenvalue weighted by molar-refractivity contribution is -0.137. The Bertz CT molecular complexity index is 1250. The smallest absolute Gasteiger partial charge is 0.416 e. The summed E-state index contributed by atoms with van der Waals surface area (Å²) < 4.78 is 57.1. The average Bonchev–Trinajstić information content (AvgIpc) is 3.30. The van der Waals surface area contributed by atoms with E-state index in [9.17, 15) is 22.4 Å². The molecule has 1 N–H and O–H groups in total. The normalized spacial score (nSPS) is 11.3. The number of carbonyl (C=O) groups excluding carboxylic acids is 1. The number of hydrogen-bond donors (Lipinski definition) is 1. The van der Waals surface area contributed by atoms with Crippen molar-refractivity contribution in [2.24, 2.45) is 0 Å². The van der Waals surface area contributed by atoms with Gasteiger partial charge in [0.2, 0.25) is 0 Å². The summed E-state index contributed by atoms with van der Waals surface area (Å²) in [6, 6.07) is 17.3. The highest BCUT2D eigenvalue weighted by molar-refractivity contribution is 7.13. The van der Waals surface area contributed by atoms with Crippen LogP contribution in [-0.4, -0.2) is 10.9 Å². The van der Waals surface area contributed by atoms with E-state index in [1.54, 1.807) is 35.7 Å². The van der Waals surface area contributed by atoms with Gasteiger partial charge in [-0.1, -0.05) is 12.1 Å². The predicted molar refractivity (Wildman–Crippen MR) is 118 cm³/mol. The molecule has 4 aromatic rings. The predicted octanol–water partition coefficient (Wildman–Crippen LogP) is 6.80. The second-order valence-corrected chi connectivity index (χ2v) is 7.87. The fourth-order valence-corrected chi connectivity index (χ4v) is 3.74. The summed E-state index contributed by atoms with van der Waals surface area (Å²) in [5, 5.41) is 4.88. The number of nitrogens with one attached hydrogen (secondary N) is 1. The van der Waals surface area contributed by atoms with Gasteiger partial charge in [0.1, 0.15) is 28.9 Å². The lowest BCUT2D eigenvalue weighted by Gasteiger charge is -2.10. The molecule has 1 amide bonds. The number of amides is 1. The number of thiazole rings is 1. The Hall–Kier alpha value is -3.72. The third-order valence-corrected chi connectivity index (χ3v) is 5.49. The maximum Gasteiger partial charge on any atom is 0.416 e. The zero-order chi connectivity index (χ0) is 23.4. The Morgan fingerprint density at radius 2 is 1.73 bits per heavy atom. The van der Waals surface area contributed by atoms with Crippen molar-refractivity contribution in [2.45, 2.75) is 12.8 Å². The molecule has 0 radical (unpaired) electrons. The SMILES string of the molecule is O=C(Nc1ccc(F)cc1)c1csc(-c2ccc(OCc3cccc(C(F)(F)F)c3)cc2)n1. The highest BCUT2D eigenvalue weighted by Crippen LogP contribution is 2.30. The molecule has 4 nitrogen and oxygen atoms in total. The molecule has 0 aliphatic carbocycles. The molecule has 1 aromatic heterocycles. The molecular formula is C24H16F4N2O2S. The van der Waals surface area contributed by atoms with E-state index < -0.39 is 23.5 Å². The molecule has 3 aromatic carbocycles. The first-order valence-corrected chi connectivity index (χ1v) is 10.6. The molecule has 9 heteroatoms. The van der Waals surface area contributed by atoms with E-state index in [1.165, 1.54) is 41.7 Å². The monoisotopic (exact) mass is 472 g/mol. The van der Waals surface area contributed by atoms with Gasteiger partial charge in [0.05, 0.1) is 5.56 Å². The highest BCUT2D eigenvalue weighted by Gasteiger charge is 2.30. The number of benzene rings is 3. The standard InChI is InChI=1S/C24H16F4N2O2S/c25-18-6-8-19(9-7-18)29-22(31)21-14-33-23(30-21)16-4-10-20(11-5-16)32-13-15-2-1-3-17(12-15)24(26,27)28/h1-12,14H,13H2,(H,29,31). The average molecular weight is 472 g/mol. The van der Waals surface area contributed by atoms with Crippen LogP contribution >= 0.6 is 11.3 Å². The lowest BCUT2D eigenvalue weighted by atomic mass is 10.1. The molecule has 0 unspecified atom stereocenters. The molecule has 0 spiro atoms. The quantitative estimate of drug-likeness (QED) is 0.314. The van der Waals surface area contributed by atoms with Crippen molar-refractivity contribution in [3.8, 4) is 16.3 Å². The van der Waals surface area contributed by atoms with Gasteiger partial charge >= 0.3 is 6.18 Å². The first kappa shape index (κ1) is 22.5. The molecule has 0 aliphatic rings. The van der Waals surface area contributed by atoms with E-state index in [0.717, 1.165) is 17.7 Å². The summed E-state index contributed by atoms with van der Waals surface area (Å²) in [6.45, 7) is -0.00573. The molecular weight excluding hydrogens is 456 g/mol. The van der Waals surface area contributed by atoms with E-state index in [1.807, 2.05) is 0 Å². The zero-order valence-corrected chi connectivity index (χ0v) is 17.7. The minimum absolute atomic E-state index is 0.00573. The Kier molecular flexibility index (Phi) is 6.41. The fourth-order valence-electron chi connectivity index (χ4n) is 2.94. The Morgan fingerprint density at radius 3 is 2.42 bits per heavy atom. The molecule has 33 heavy (non-hydrogen) atoms. The summed E-state index contributed by atoms with van der Waals surface area (Å²) in [6.07, 6.45) is -4.40. The van der Waals surface area contributed by atoms with Crippen LogP contribution in [0.15, 0.2) is 78.2 Å². The Morgan fingerprint density at radius 1 is 1.00 bits per heavy atom. The first-order valence-electron chi connectivity index (χ1n) is 9.70. The van der Waals surface area contributed by atoms with Crippen molar-refractivity contribution in [3.05, 3.63) is 101 Å². The van der Waals surface area contributed by atoms with Gasteiger partial charge in [-0.05, 0) is 66.2 Å². The van der Waals surface area contributed by atoms with Crippen molar-refractivity contribution < 1.29 is 27.1 Å². The van der Waals surface area contributed by atoms with Crippen molar-refractivity contribution in [3.63, 3.8) is 0 Å².